The van der Waals surface area contributed by atoms with Crippen LogP contribution in [0, 0.1) is 0 Å². The highest BCUT2D eigenvalue weighted by Gasteiger charge is 2.22. The first-order valence-corrected chi connectivity index (χ1v) is 8.44. The maximum atomic E-state index is 9.77. The van der Waals surface area contributed by atoms with Crippen molar-refractivity contribution in [2.24, 2.45) is 5.73 Å². The highest BCUT2D eigenvalue weighted by atomic mass is 28.3. The molecule has 0 amide bonds. The van der Waals surface area contributed by atoms with Gasteiger partial charge in [0.1, 0.15) is 0 Å². The van der Waals surface area contributed by atoms with Gasteiger partial charge in [0.2, 0.25) is 0 Å². The van der Waals surface area contributed by atoms with Crippen molar-refractivity contribution in [1.29, 1.82) is 0 Å². The molecule has 1 atom stereocenters. The van der Waals surface area contributed by atoms with E-state index in [9.17, 15) is 5.11 Å². The summed E-state index contributed by atoms with van der Waals surface area (Å²) >= 11 is 0. The van der Waals surface area contributed by atoms with Gasteiger partial charge in [0, 0.05) is 6.54 Å². The number of hydrogen-bond acceptors (Lipinski definition) is 2. The van der Waals surface area contributed by atoms with Gasteiger partial charge >= 0.3 is 0 Å². The minimum atomic E-state index is -1.37. The first kappa shape index (κ1) is 11.4. The van der Waals surface area contributed by atoms with Crippen molar-refractivity contribution in [2.45, 2.75) is 25.7 Å². The van der Waals surface area contributed by atoms with Crippen LogP contribution in [0.3, 0.4) is 0 Å². The highest BCUT2D eigenvalue weighted by Crippen LogP contribution is 2.13. The minimum absolute atomic E-state index is 0.293. The molecule has 0 saturated heterocycles. The van der Waals surface area contributed by atoms with E-state index < -0.39 is 14.2 Å². The number of hydrogen-bond donors (Lipinski definition) is 2. The Morgan fingerprint density at radius 3 is 2.36 bits per heavy atom. The molecule has 0 aliphatic carbocycles. The van der Waals surface area contributed by atoms with E-state index in [4.69, 9.17) is 5.73 Å². The fourth-order valence-corrected chi connectivity index (χ4v) is 3.31. The van der Waals surface area contributed by atoms with Crippen molar-refractivity contribution in [2.75, 3.05) is 6.54 Å². The molecular weight excluding hydrogens is 190 g/mol. The lowest BCUT2D eigenvalue weighted by atomic mass is 10.1. The molecule has 0 saturated carbocycles. The summed E-state index contributed by atoms with van der Waals surface area (Å²) in [5, 5.41) is 11.1. The van der Waals surface area contributed by atoms with Crippen LogP contribution in [-0.2, 0) is 0 Å². The van der Waals surface area contributed by atoms with E-state index in [1.54, 1.807) is 0 Å². The van der Waals surface area contributed by atoms with Gasteiger partial charge in [-0.15, -0.1) is 0 Å². The predicted octanol–water partition coefficient (Wildman–Crippen LogP) is 1.22. The van der Waals surface area contributed by atoms with Gasteiger partial charge in [0.15, 0.2) is 0 Å². The van der Waals surface area contributed by atoms with Crippen molar-refractivity contribution < 1.29 is 5.11 Å². The smallest absolute Gasteiger partial charge is 0.0911 e. The zero-order chi connectivity index (χ0) is 10.8. The summed E-state index contributed by atoms with van der Waals surface area (Å²) in [6.07, 6.45) is -0.516. The van der Waals surface area contributed by atoms with Crippen molar-refractivity contribution in [3.63, 3.8) is 0 Å². The molecule has 0 aliphatic heterocycles. The molecule has 3 N–H and O–H groups in total. The monoisotopic (exact) mass is 209 g/mol. The molecule has 0 aromatic heterocycles. The number of nitrogens with two attached hydrogens (primary N) is 1. The second-order valence-corrected chi connectivity index (χ2v) is 9.63. The molecule has 0 fully saturated rings. The van der Waals surface area contributed by atoms with Gasteiger partial charge in [-0.1, -0.05) is 49.1 Å². The van der Waals surface area contributed by atoms with Crippen molar-refractivity contribution in [3.05, 3.63) is 29.8 Å². The molecule has 0 unspecified atom stereocenters. The Hall–Kier alpha value is -0.643. The summed E-state index contributed by atoms with van der Waals surface area (Å²) in [6.45, 7) is 7.11. The average Bonchev–Trinajstić information content (AvgIpc) is 2.15. The molecule has 0 spiro atoms. The van der Waals surface area contributed by atoms with Gasteiger partial charge in [-0.25, -0.2) is 0 Å². The van der Waals surface area contributed by atoms with Gasteiger partial charge < -0.3 is 10.8 Å². The zero-order valence-corrected chi connectivity index (χ0v) is 10.1. The van der Waals surface area contributed by atoms with Crippen LogP contribution < -0.4 is 10.9 Å². The van der Waals surface area contributed by atoms with E-state index >= 15 is 0 Å². The topological polar surface area (TPSA) is 46.2 Å². The van der Waals surface area contributed by atoms with E-state index in [0.29, 0.717) is 6.54 Å². The lowest BCUT2D eigenvalue weighted by Gasteiger charge is -2.23. The Bertz CT molecular complexity index is 306. The summed E-state index contributed by atoms with van der Waals surface area (Å²) in [7, 11) is -1.37. The summed E-state index contributed by atoms with van der Waals surface area (Å²) < 4.78 is 0. The van der Waals surface area contributed by atoms with Gasteiger partial charge in [-0.2, -0.15) is 0 Å². The molecule has 2 nitrogen and oxygen atoms in total. The maximum absolute atomic E-state index is 9.77. The van der Waals surface area contributed by atoms with Crippen LogP contribution in [0.1, 0.15) is 11.7 Å². The highest BCUT2D eigenvalue weighted by molar-refractivity contribution is 6.89. The largest absolute Gasteiger partial charge is 0.387 e. The first-order valence-electron chi connectivity index (χ1n) is 4.94. The minimum Gasteiger partial charge on any atom is -0.387 e. The van der Waals surface area contributed by atoms with Crippen LogP contribution in [0.4, 0.5) is 0 Å². The maximum Gasteiger partial charge on any atom is 0.0911 e. The Balaban J connectivity index is 3.16. The second-order valence-electron chi connectivity index (χ2n) is 4.59. The molecule has 0 bridgehead atoms. The molecule has 1 aromatic carbocycles. The van der Waals surface area contributed by atoms with E-state index in [2.05, 4.69) is 25.7 Å². The predicted molar refractivity (Wildman–Crippen MR) is 63.4 cm³/mol. The van der Waals surface area contributed by atoms with Crippen LogP contribution in [0.5, 0.6) is 0 Å². The number of aliphatic hydroxyl groups excluding tert-OH is 1. The van der Waals surface area contributed by atoms with Crippen molar-refractivity contribution in [1.82, 2.24) is 0 Å². The molecule has 14 heavy (non-hydrogen) atoms. The van der Waals surface area contributed by atoms with Crippen LogP contribution in [0.2, 0.25) is 19.6 Å². The molecule has 1 rings (SSSR count). The number of benzene rings is 1. The van der Waals surface area contributed by atoms with Crippen molar-refractivity contribution >= 4 is 13.3 Å². The van der Waals surface area contributed by atoms with Gasteiger partial charge in [-0.05, 0) is 5.56 Å². The molecular formula is C11H19NOSi. The normalized spacial score (nSPS) is 14.1. The quantitative estimate of drug-likeness (QED) is 0.735. The van der Waals surface area contributed by atoms with E-state index in [1.165, 1.54) is 5.19 Å². The number of rotatable bonds is 3. The Morgan fingerprint density at radius 1 is 1.29 bits per heavy atom. The van der Waals surface area contributed by atoms with Gasteiger partial charge in [0.05, 0.1) is 14.2 Å². The average molecular weight is 209 g/mol. The van der Waals surface area contributed by atoms with Crippen molar-refractivity contribution in [3.8, 4) is 0 Å². The third-order valence-electron chi connectivity index (χ3n) is 2.35. The summed E-state index contributed by atoms with van der Waals surface area (Å²) in [6, 6.07) is 8.07. The van der Waals surface area contributed by atoms with Crippen LogP contribution in [0.25, 0.3) is 0 Å². The zero-order valence-electron chi connectivity index (χ0n) is 9.12. The van der Waals surface area contributed by atoms with E-state index in [-0.39, 0.29) is 0 Å². The van der Waals surface area contributed by atoms with E-state index in [1.807, 2.05) is 18.2 Å². The summed E-state index contributed by atoms with van der Waals surface area (Å²) in [5.74, 6) is 0. The van der Waals surface area contributed by atoms with E-state index in [0.717, 1.165) is 5.56 Å². The third kappa shape index (κ3) is 2.44. The molecule has 0 heterocycles. The Kier molecular flexibility index (Phi) is 3.47. The summed E-state index contributed by atoms with van der Waals surface area (Å²) in [5.41, 5.74) is 6.49. The first-order chi connectivity index (χ1) is 6.46. The molecule has 0 aliphatic rings. The molecule has 0 radical (unpaired) electrons. The standard InChI is InChI=1S/C11H19NOSi/c1-14(2,3)11-7-5-4-6-9(11)10(13)8-12/h4-7,10,13H,8,12H2,1-3H3/t10-/m0/s1. The second kappa shape index (κ2) is 4.25. The molecule has 1 aromatic rings. The molecule has 3 heteroatoms. The lowest BCUT2D eigenvalue weighted by molar-refractivity contribution is 0.187. The van der Waals surface area contributed by atoms with Crippen LogP contribution in [-0.4, -0.2) is 19.7 Å². The fraction of sp³-hybridized carbons (Fsp3) is 0.455. The van der Waals surface area contributed by atoms with Gasteiger partial charge in [-0.3, -0.25) is 0 Å². The molecule has 78 valence electrons. The van der Waals surface area contributed by atoms with Crippen LogP contribution in [0.15, 0.2) is 24.3 Å². The summed E-state index contributed by atoms with van der Waals surface area (Å²) in [4.78, 5) is 0. The lowest BCUT2D eigenvalue weighted by Crippen LogP contribution is -2.41. The Labute approximate surface area is 86.8 Å². The fourth-order valence-electron chi connectivity index (χ4n) is 1.60. The third-order valence-corrected chi connectivity index (χ3v) is 4.42. The van der Waals surface area contributed by atoms with Gasteiger partial charge in [0.25, 0.3) is 0 Å². The Morgan fingerprint density at radius 2 is 1.86 bits per heavy atom. The van der Waals surface area contributed by atoms with Crippen LogP contribution >= 0.6 is 0 Å². The number of aliphatic hydroxyl groups is 1. The SMILES string of the molecule is C[Si](C)(C)c1ccccc1[C@@H](O)CN.